The first-order valence-corrected chi connectivity index (χ1v) is 13.4. The Balaban J connectivity index is 1.49. The van der Waals surface area contributed by atoms with Crippen LogP contribution >= 0.6 is 7.92 Å². The minimum absolute atomic E-state index is 0.129. The van der Waals surface area contributed by atoms with E-state index in [1.54, 1.807) is 11.1 Å². The van der Waals surface area contributed by atoms with Crippen molar-refractivity contribution in [2.24, 2.45) is 0 Å². The summed E-state index contributed by atoms with van der Waals surface area (Å²) in [5.74, 6) is 1.55. The average Bonchev–Trinajstić information content (AvgIpc) is 3.52. The van der Waals surface area contributed by atoms with Gasteiger partial charge in [0.15, 0.2) is 0 Å². The van der Waals surface area contributed by atoms with Gasteiger partial charge in [0.2, 0.25) is 0 Å². The Morgan fingerprint density at radius 1 is 0.500 bits per heavy atom. The molecule has 0 bridgehead atoms. The van der Waals surface area contributed by atoms with E-state index in [9.17, 15) is 0 Å². The predicted octanol–water partition coefficient (Wildman–Crippen LogP) is 8.08. The molecule has 28 heavy (non-hydrogen) atoms. The topological polar surface area (TPSA) is 0 Å². The van der Waals surface area contributed by atoms with Gasteiger partial charge in [-0.2, -0.15) is 0 Å². The standard InChI is InChI=1S/C27H35P/c1-5-13-21(14-6-1)25-26(22-15-7-2-8-16-22)27(25)28(23-17-9-3-10-18-23)24-19-11-4-12-20-24/h1-2,5-8,13-16,23-27H,3-4,9-12,17-20H2/t25-,26-/m1/s1. The molecule has 3 aliphatic carbocycles. The van der Waals surface area contributed by atoms with Crippen molar-refractivity contribution >= 4 is 7.92 Å². The number of benzene rings is 2. The minimum atomic E-state index is 0.129. The molecule has 0 unspecified atom stereocenters. The van der Waals surface area contributed by atoms with Crippen LogP contribution in [-0.4, -0.2) is 17.0 Å². The monoisotopic (exact) mass is 390 g/mol. The van der Waals surface area contributed by atoms with Gasteiger partial charge < -0.3 is 0 Å². The van der Waals surface area contributed by atoms with E-state index in [-0.39, 0.29) is 7.92 Å². The molecule has 0 N–H and O–H groups in total. The average molecular weight is 391 g/mol. The molecule has 1 heteroatoms. The van der Waals surface area contributed by atoms with Gasteiger partial charge in [-0.25, -0.2) is 0 Å². The quantitative estimate of drug-likeness (QED) is 0.453. The van der Waals surface area contributed by atoms with Gasteiger partial charge in [0.05, 0.1) is 0 Å². The molecule has 2 aromatic carbocycles. The molecule has 3 fully saturated rings. The highest BCUT2D eigenvalue weighted by Crippen LogP contribution is 2.75. The van der Waals surface area contributed by atoms with Crippen molar-refractivity contribution in [2.75, 3.05) is 0 Å². The molecule has 0 aromatic heterocycles. The van der Waals surface area contributed by atoms with Crippen LogP contribution in [0.4, 0.5) is 0 Å². The van der Waals surface area contributed by atoms with E-state index >= 15 is 0 Å². The van der Waals surface area contributed by atoms with Gasteiger partial charge in [0.1, 0.15) is 0 Å². The second-order valence-electron chi connectivity index (χ2n) is 9.39. The van der Waals surface area contributed by atoms with Crippen molar-refractivity contribution in [3.05, 3.63) is 71.8 Å². The van der Waals surface area contributed by atoms with Gasteiger partial charge in [0, 0.05) is 0 Å². The Hall–Kier alpha value is -1.13. The van der Waals surface area contributed by atoms with Gasteiger partial charge in [-0.05, 0) is 65.6 Å². The van der Waals surface area contributed by atoms with E-state index in [0.717, 1.165) is 28.8 Å². The molecular formula is C27H35P. The number of rotatable bonds is 5. The van der Waals surface area contributed by atoms with Crippen LogP contribution in [0.3, 0.4) is 0 Å². The van der Waals surface area contributed by atoms with E-state index in [1.807, 2.05) is 0 Å². The molecule has 148 valence electrons. The summed E-state index contributed by atoms with van der Waals surface area (Å²) in [6.07, 6.45) is 15.1. The molecule has 5 rings (SSSR count). The minimum Gasteiger partial charge on any atom is -0.0959 e. The van der Waals surface area contributed by atoms with Crippen molar-refractivity contribution in [1.29, 1.82) is 0 Å². The fourth-order valence-electron chi connectivity index (χ4n) is 6.37. The van der Waals surface area contributed by atoms with Gasteiger partial charge in [-0.1, -0.05) is 107 Å². The molecule has 0 aliphatic heterocycles. The lowest BCUT2D eigenvalue weighted by molar-refractivity contribution is 0.483. The van der Waals surface area contributed by atoms with Crippen LogP contribution in [0.15, 0.2) is 60.7 Å². The van der Waals surface area contributed by atoms with Crippen molar-refractivity contribution in [3.8, 4) is 0 Å². The third-order valence-electron chi connectivity index (χ3n) is 7.69. The van der Waals surface area contributed by atoms with Gasteiger partial charge in [-0.15, -0.1) is 0 Å². The smallest absolute Gasteiger partial charge is 0.00128 e. The summed E-state index contributed by atoms with van der Waals surface area (Å²) in [5, 5.41) is 0. The van der Waals surface area contributed by atoms with Gasteiger partial charge in [-0.3, -0.25) is 0 Å². The Kier molecular flexibility index (Phi) is 5.87. The number of hydrogen-bond acceptors (Lipinski definition) is 0. The first-order chi connectivity index (χ1) is 13.9. The fourth-order valence-corrected chi connectivity index (χ4v) is 11.2. The Morgan fingerprint density at radius 3 is 1.29 bits per heavy atom. The third-order valence-corrected chi connectivity index (χ3v) is 11.7. The summed E-state index contributed by atoms with van der Waals surface area (Å²) in [6.45, 7) is 0. The van der Waals surface area contributed by atoms with E-state index in [4.69, 9.17) is 0 Å². The largest absolute Gasteiger partial charge is 0.0959 e. The Labute approximate surface area is 172 Å². The molecule has 3 saturated carbocycles. The van der Waals surface area contributed by atoms with Crippen molar-refractivity contribution < 1.29 is 0 Å². The van der Waals surface area contributed by atoms with Crippen LogP contribution in [0.2, 0.25) is 0 Å². The Morgan fingerprint density at radius 2 is 0.893 bits per heavy atom. The van der Waals surface area contributed by atoms with Crippen LogP contribution in [-0.2, 0) is 0 Å². The van der Waals surface area contributed by atoms with Crippen LogP contribution in [0.25, 0.3) is 0 Å². The maximum absolute atomic E-state index is 2.41. The van der Waals surface area contributed by atoms with E-state index in [2.05, 4.69) is 60.7 Å². The summed E-state index contributed by atoms with van der Waals surface area (Å²) in [6, 6.07) is 23.1. The van der Waals surface area contributed by atoms with Crippen molar-refractivity contribution in [2.45, 2.75) is 93.0 Å². The zero-order valence-electron chi connectivity index (χ0n) is 17.2. The molecule has 2 atom stereocenters. The highest BCUT2D eigenvalue weighted by molar-refractivity contribution is 7.60. The zero-order chi connectivity index (χ0) is 18.8. The maximum Gasteiger partial charge on any atom is -0.00128 e. The first-order valence-electron chi connectivity index (χ1n) is 11.8. The fraction of sp³-hybridized carbons (Fsp3) is 0.556. The van der Waals surface area contributed by atoms with Crippen molar-refractivity contribution in [1.82, 2.24) is 0 Å². The SMILES string of the molecule is c1ccc([C@H]2C(P(C3CCCCC3)C3CCCCC3)[C@@H]2c2ccccc2)cc1. The summed E-state index contributed by atoms with van der Waals surface area (Å²) in [7, 11) is 0.129. The molecule has 2 aromatic rings. The normalized spacial score (nSPS) is 29.1. The molecule has 0 saturated heterocycles. The van der Waals surface area contributed by atoms with Crippen LogP contribution < -0.4 is 0 Å². The van der Waals surface area contributed by atoms with E-state index in [1.165, 1.54) is 64.2 Å². The van der Waals surface area contributed by atoms with Crippen LogP contribution in [0.5, 0.6) is 0 Å². The van der Waals surface area contributed by atoms with Gasteiger partial charge >= 0.3 is 0 Å². The lowest BCUT2D eigenvalue weighted by Gasteiger charge is -2.39. The first kappa shape index (κ1) is 18.9. The number of hydrogen-bond donors (Lipinski definition) is 0. The highest BCUT2D eigenvalue weighted by atomic mass is 31.1. The van der Waals surface area contributed by atoms with Crippen LogP contribution in [0.1, 0.15) is 87.2 Å². The van der Waals surface area contributed by atoms with E-state index in [0.29, 0.717) is 0 Å². The molecular weight excluding hydrogens is 355 g/mol. The summed E-state index contributed by atoms with van der Waals surface area (Å²) in [4.78, 5) is 0. The Bertz CT molecular complexity index is 664. The second kappa shape index (κ2) is 8.71. The molecule has 0 amide bonds. The predicted molar refractivity (Wildman–Crippen MR) is 123 cm³/mol. The summed E-state index contributed by atoms with van der Waals surface area (Å²) < 4.78 is 0. The zero-order valence-corrected chi connectivity index (χ0v) is 18.1. The molecule has 0 spiro atoms. The summed E-state index contributed by atoms with van der Waals surface area (Å²) >= 11 is 0. The van der Waals surface area contributed by atoms with Crippen molar-refractivity contribution in [3.63, 3.8) is 0 Å². The molecule has 0 nitrogen and oxygen atoms in total. The van der Waals surface area contributed by atoms with Gasteiger partial charge in [0.25, 0.3) is 0 Å². The highest BCUT2D eigenvalue weighted by Gasteiger charge is 2.57. The summed E-state index contributed by atoms with van der Waals surface area (Å²) in [5.41, 5.74) is 6.26. The molecule has 0 heterocycles. The van der Waals surface area contributed by atoms with Crippen LogP contribution in [0, 0.1) is 0 Å². The lowest BCUT2D eigenvalue weighted by atomic mass is 9.99. The maximum atomic E-state index is 2.41. The molecule has 0 radical (unpaired) electrons. The second-order valence-corrected chi connectivity index (χ2v) is 12.3. The molecule has 3 aliphatic rings. The lowest BCUT2D eigenvalue weighted by Crippen LogP contribution is -2.23. The third kappa shape index (κ3) is 3.82. The van der Waals surface area contributed by atoms with E-state index < -0.39 is 0 Å².